The Labute approximate surface area is 293 Å². The first-order valence-electron chi connectivity index (χ1n) is 20.6. The van der Waals surface area contributed by atoms with Gasteiger partial charge in [-0.2, -0.15) is 0 Å². The van der Waals surface area contributed by atoms with Crippen molar-refractivity contribution in [3.63, 3.8) is 0 Å². The average Bonchev–Trinajstić information content (AvgIpc) is 3.08. The van der Waals surface area contributed by atoms with Crippen molar-refractivity contribution in [2.45, 2.75) is 213 Å². The molecule has 0 spiro atoms. The van der Waals surface area contributed by atoms with E-state index in [-0.39, 0.29) is 12.6 Å². The largest absolute Gasteiger partial charge is 0.457 e. The van der Waals surface area contributed by atoms with Gasteiger partial charge in [-0.1, -0.05) is 166 Å². The number of carbonyl (C=O) groups is 1. The second-order valence-corrected chi connectivity index (χ2v) is 13.7. The zero-order valence-corrected chi connectivity index (χ0v) is 31.5. The van der Waals surface area contributed by atoms with Crippen molar-refractivity contribution in [2.75, 3.05) is 19.8 Å². The maximum absolute atomic E-state index is 12.2. The van der Waals surface area contributed by atoms with Gasteiger partial charge in [0, 0.05) is 13.0 Å². The van der Waals surface area contributed by atoms with Crippen LogP contribution in [0, 0.1) is 0 Å². The molecule has 1 unspecified atom stereocenters. The van der Waals surface area contributed by atoms with E-state index in [1.165, 1.54) is 161 Å². The molecule has 0 aromatic heterocycles. The first kappa shape index (κ1) is 45.6. The molecule has 0 fully saturated rings. The van der Waals surface area contributed by atoms with Gasteiger partial charge in [-0.15, -0.1) is 0 Å². The van der Waals surface area contributed by atoms with Gasteiger partial charge in [0.2, 0.25) is 0 Å². The van der Waals surface area contributed by atoms with E-state index in [9.17, 15) is 9.90 Å². The Bertz CT molecular complexity index is 698. The van der Waals surface area contributed by atoms with Gasteiger partial charge in [-0.05, 0) is 70.6 Å². The molecule has 1 N–H and O–H groups in total. The SMILES string of the molecule is CCCCC/C=C\C/C=C\CCCCCCCCCCOCC(CO)OC(=O)CCCCCCCCC/C=C\CCCCCCCC. The van der Waals surface area contributed by atoms with Crippen molar-refractivity contribution in [2.24, 2.45) is 0 Å². The fraction of sp³-hybridized carbons (Fsp3) is 0.837. The predicted molar refractivity (Wildman–Crippen MR) is 205 cm³/mol. The average molecular weight is 661 g/mol. The summed E-state index contributed by atoms with van der Waals surface area (Å²) in [5.74, 6) is -0.207. The predicted octanol–water partition coefficient (Wildman–Crippen LogP) is 13.3. The van der Waals surface area contributed by atoms with Gasteiger partial charge in [0.1, 0.15) is 6.10 Å². The number of hydrogen-bond acceptors (Lipinski definition) is 4. The van der Waals surface area contributed by atoms with Crippen molar-refractivity contribution in [3.8, 4) is 0 Å². The molecule has 0 radical (unpaired) electrons. The Balaban J connectivity index is 3.44. The van der Waals surface area contributed by atoms with Crippen LogP contribution in [0.5, 0.6) is 0 Å². The summed E-state index contributed by atoms with van der Waals surface area (Å²) < 4.78 is 11.1. The summed E-state index contributed by atoms with van der Waals surface area (Å²) in [6.45, 7) is 5.31. The molecule has 1 atom stereocenters. The van der Waals surface area contributed by atoms with Gasteiger partial charge in [-0.3, -0.25) is 4.79 Å². The van der Waals surface area contributed by atoms with E-state index in [1.807, 2.05) is 0 Å². The van der Waals surface area contributed by atoms with Crippen LogP contribution in [-0.2, 0) is 14.3 Å². The van der Waals surface area contributed by atoms with E-state index in [2.05, 4.69) is 50.3 Å². The van der Waals surface area contributed by atoms with Crippen LogP contribution in [0.15, 0.2) is 36.5 Å². The molecule has 0 amide bonds. The first-order valence-corrected chi connectivity index (χ1v) is 20.6. The number of unbranched alkanes of at least 4 members (excludes halogenated alkanes) is 24. The van der Waals surface area contributed by atoms with Crippen LogP contribution in [0.3, 0.4) is 0 Å². The molecule has 0 aromatic carbocycles. The molecule has 0 aromatic rings. The Hall–Kier alpha value is -1.39. The van der Waals surface area contributed by atoms with Crippen LogP contribution in [0.4, 0.5) is 0 Å². The quantitative estimate of drug-likeness (QED) is 0.0407. The van der Waals surface area contributed by atoms with E-state index in [4.69, 9.17) is 9.47 Å². The lowest BCUT2D eigenvalue weighted by atomic mass is 10.1. The normalized spacial score (nSPS) is 12.7. The molecule has 0 aliphatic carbocycles. The summed E-state index contributed by atoms with van der Waals surface area (Å²) in [7, 11) is 0. The second-order valence-electron chi connectivity index (χ2n) is 13.7. The van der Waals surface area contributed by atoms with Gasteiger partial charge >= 0.3 is 5.97 Å². The molecule has 47 heavy (non-hydrogen) atoms. The Morgan fingerprint density at radius 2 is 0.894 bits per heavy atom. The molecule has 0 heterocycles. The van der Waals surface area contributed by atoms with E-state index in [0.717, 1.165) is 25.7 Å². The number of carbonyl (C=O) groups excluding carboxylic acids is 1. The van der Waals surface area contributed by atoms with Gasteiger partial charge in [0.05, 0.1) is 13.2 Å². The standard InChI is InChI=1S/C43H80O4/c1-3-5-7-9-11-13-15-17-19-21-23-25-27-29-31-33-35-37-39-46-41-42(40-44)47-43(45)38-36-34-32-30-28-26-24-22-20-18-16-14-12-10-8-6-4-2/h11,13,17-20,42,44H,3-10,12,14-16,21-41H2,1-2H3/b13-11-,19-17-,20-18-. The Kier molecular flexibility index (Phi) is 39.6. The van der Waals surface area contributed by atoms with Crippen LogP contribution in [0.2, 0.25) is 0 Å². The van der Waals surface area contributed by atoms with Crippen molar-refractivity contribution >= 4 is 5.97 Å². The lowest BCUT2D eigenvalue weighted by Gasteiger charge is -2.16. The summed E-state index contributed by atoms with van der Waals surface area (Å²) in [5, 5.41) is 9.59. The summed E-state index contributed by atoms with van der Waals surface area (Å²) in [6, 6.07) is 0. The van der Waals surface area contributed by atoms with Gasteiger partial charge in [0.25, 0.3) is 0 Å². The summed E-state index contributed by atoms with van der Waals surface area (Å²) in [6.07, 6.45) is 50.5. The topological polar surface area (TPSA) is 55.8 Å². The summed E-state index contributed by atoms with van der Waals surface area (Å²) in [4.78, 5) is 12.2. The Morgan fingerprint density at radius 3 is 1.38 bits per heavy atom. The number of aliphatic hydroxyl groups excluding tert-OH is 1. The van der Waals surface area contributed by atoms with Crippen molar-refractivity contribution in [3.05, 3.63) is 36.5 Å². The molecule has 0 saturated heterocycles. The molecule has 276 valence electrons. The fourth-order valence-corrected chi connectivity index (χ4v) is 5.82. The lowest BCUT2D eigenvalue weighted by molar-refractivity contribution is -0.154. The third-order valence-corrected chi connectivity index (χ3v) is 8.94. The number of aliphatic hydroxyl groups is 1. The Morgan fingerprint density at radius 1 is 0.511 bits per heavy atom. The minimum absolute atomic E-state index is 0.175. The highest BCUT2D eigenvalue weighted by Crippen LogP contribution is 2.13. The number of rotatable bonds is 38. The zero-order chi connectivity index (χ0) is 34.1. The smallest absolute Gasteiger partial charge is 0.306 e. The number of esters is 1. The maximum atomic E-state index is 12.2. The van der Waals surface area contributed by atoms with Crippen LogP contribution in [0.1, 0.15) is 206 Å². The monoisotopic (exact) mass is 661 g/mol. The van der Waals surface area contributed by atoms with Crippen LogP contribution in [-0.4, -0.2) is 37.0 Å². The first-order chi connectivity index (χ1) is 23.2. The molecular formula is C43H80O4. The van der Waals surface area contributed by atoms with E-state index in [1.54, 1.807) is 0 Å². The second kappa shape index (κ2) is 40.8. The summed E-state index contributed by atoms with van der Waals surface area (Å²) in [5.41, 5.74) is 0. The third kappa shape index (κ3) is 38.9. The van der Waals surface area contributed by atoms with Crippen LogP contribution < -0.4 is 0 Å². The fourth-order valence-electron chi connectivity index (χ4n) is 5.82. The number of hydrogen-bond donors (Lipinski definition) is 1. The van der Waals surface area contributed by atoms with Gasteiger partial charge in [0.15, 0.2) is 0 Å². The number of allylic oxidation sites excluding steroid dienone is 6. The third-order valence-electron chi connectivity index (χ3n) is 8.94. The summed E-state index contributed by atoms with van der Waals surface area (Å²) >= 11 is 0. The highest BCUT2D eigenvalue weighted by Gasteiger charge is 2.13. The highest BCUT2D eigenvalue weighted by atomic mass is 16.6. The molecular weight excluding hydrogens is 580 g/mol. The molecule has 0 aliphatic heterocycles. The molecule has 0 saturated carbocycles. The number of ether oxygens (including phenoxy) is 2. The van der Waals surface area contributed by atoms with Crippen LogP contribution in [0.25, 0.3) is 0 Å². The maximum Gasteiger partial charge on any atom is 0.306 e. The molecule has 4 heteroatoms. The van der Waals surface area contributed by atoms with Gasteiger partial charge in [-0.25, -0.2) is 0 Å². The highest BCUT2D eigenvalue weighted by molar-refractivity contribution is 5.69. The molecule has 0 rings (SSSR count). The molecule has 4 nitrogen and oxygen atoms in total. The van der Waals surface area contributed by atoms with Crippen molar-refractivity contribution in [1.29, 1.82) is 0 Å². The minimum atomic E-state index is -0.538. The molecule has 0 aliphatic rings. The van der Waals surface area contributed by atoms with E-state index in [0.29, 0.717) is 19.6 Å². The van der Waals surface area contributed by atoms with E-state index < -0.39 is 6.10 Å². The van der Waals surface area contributed by atoms with Crippen molar-refractivity contribution < 1.29 is 19.4 Å². The minimum Gasteiger partial charge on any atom is -0.457 e. The van der Waals surface area contributed by atoms with Gasteiger partial charge < -0.3 is 14.6 Å². The zero-order valence-electron chi connectivity index (χ0n) is 31.5. The molecule has 0 bridgehead atoms. The van der Waals surface area contributed by atoms with E-state index >= 15 is 0 Å². The van der Waals surface area contributed by atoms with Crippen molar-refractivity contribution in [1.82, 2.24) is 0 Å². The lowest BCUT2D eigenvalue weighted by Crippen LogP contribution is -2.27. The van der Waals surface area contributed by atoms with Crippen LogP contribution >= 0.6 is 0 Å².